The van der Waals surface area contributed by atoms with E-state index in [1.165, 1.54) is 0 Å². The van der Waals surface area contributed by atoms with E-state index >= 15 is 0 Å². The summed E-state index contributed by atoms with van der Waals surface area (Å²) in [7, 11) is 0. The molecule has 4 heteroatoms. The van der Waals surface area contributed by atoms with Crippen molar-refractivity contribution >= 4 is 5.69 Å². The third-order valence-corrected chi connectivity index (χ3v) is 3.75. The molecule has 1 heterocycles. The van der Waals surface area contributed by atoms with Crippen LogP contribution in [-0.2, 0) is 6.61 Å². The number of rotatable bonds is 5. The summed E-state index contributed by atoms with van der Waals surface area (Å²) in [6, 6.07) is 8.20. The van der Waals surface area contributed by atoms with E-state index in [1.54, 1.807) is 6.07 Å². The Kier molecular flexibility index (Phi) is 4.78. The van der Waals surface area contributed by atoms with Gasteiger partial charge in [0.15, 0.2) is 0 Å². The van der Waals surface area contributed by atoms with Gasteiger partial charge >= 0.3 is 0 Å². The molecule has 2 rings (SSSR count). The van der Waals surface area contributed by atoms with E-state index in [0.29, 0.717) is 11.6 Å². The molecule has 0 bridgehead atoms. The molecule has 0 amide bonds. The minimum atomic E-state index is -0.0388. The molecule has 1 aliphatic heterocycles. The third kappa shape index (κ3) is 3.06. The van der Waals surface area contributed by atoms with Gasteiger partial charge in [0.2, 0.25) is 0 Å². The first kappa shape index (κ1) is 13.9. The van der Waals surface area contributed by atoms with Crippen molar-refractivity contribution in [3.05, 3.63) is 29.3 Å². The number of benzene rings is 1. The zero-order valence-electron chi connectivity index (χ0n) is 11.0. The lowest BCUT2D eigenvalue weighted by Gasteiger charge is -2.27. The molecule has 1 unspecified atom stereocenters. The van der Waals surface area contributed by atoms with Crippen molar-refractivity contribution in [1.29, 1.82) is 5.26 Å². The Hall–Kier alpha value is -1.57. The quantitative estimate of drug-likeness (QED) is 0.847. The van der Waals surface area contributed by atoms with E-state index in [4.69, 9.17) is 10.2 Å². The molecule has 1 atom stereocenters. The predicted octanol–water partition coefficient (Wildman–Crippen LogP) is 1.79. The van der Waals surface area contributed by atoms with E-state index in [-0.39, 0.29) is 13.2 Å². The van der Waals surface area contributed by atoms with Crippen LogP contribution in [0, 0.1) is 11.3 Å². The number of nitriles is 1. The van der Waals surface area contributed by atoms with E-state index in [0.717, 1.165) is 43.5 Å². The molecule has 2 N–H and O–H groups in total. The number of aliphatic hydroxyl groups excluding tert-OH is 2. The van der Waals surface area contributed by atoms with Gasteiger partial charge < -0.3 is 15.1 Å². The van der Waals surface area contributed by atoms with E-state index in [1.807, 2.05) is 12.1 Å². The van der Waals surface area contributed by atoms with E-state index in [2.05, 4.69) is 11.0 Å². The van der Waals surface area contributed by atoms with Crippen molar-refractivity contribution in [2.75, 3.05) is 18.1 Å². The van der Waals surface area contributed by atoms with Gasteiger partial charge in [0.25, 0.3) is 0 Å². The maximum Gasteiger partial charge on any atom is 0.101 e. The molecule has 1 fully saturated rings. The molecule has 1 saturated heterocycles. The Bertz CT molecular complexity index is 468. The smallest absolute Gasteiger partial charge is 0.101 e. The highest BCUT2D eigenvalue weighted by atomic mass is 16.3. The molecular formula is C15H20N2O2. The fourth-order valence-corrected chi connectivity index (χ4v) is 2.80. The molecule has 0 aliphatic carbocycles. The van der Waals surface area contributed by atoms with Crippen molar-refractivity contribution < 1.29 is 10.2 Å². The summed E-state index contributed by atoms with van der Waals surface area (Å²) in [6.45, 7) is 1.14. The highest BCUT2D eigenvalue weighted by Crippen LogP contribution is 2.31. The fourth-order valence-electron chi connectivity index (χ4n) is 2.80. The van der Waals surface area contributed by atoms with Crippen LogP contribution >= 0.6 is 0 Å². The minimum absolute atomic E-state index is 0.0388. The van der Waals surface area contributed by atoms with Crippen molar-refractivity contribution in [2.24, 2.45) is 0 Å². The van der Waals surface area contributed by atoms with Crippen molar-refractivity contribution in [3.8, 4) is 6.07 Å². The fraction of sp³-hybridized carbons (Fsp3) is 0.533. The lowest BCUT2D eigenvalue weighted by Crippen LogP contribution is -2.30. The maximum absolute atomic E-state index is 9.26. The predicted molar refractivity (Wildman–Crippen MR) is 73.8 cm³/mol. The SMILES string of the molecule is N#Cc1cc(CO)ccc1N1CCCC1CCCO. The van der Waals surface area contributed by atoms with Crippen LogP contribution < -0.4 is 4.90 Å². The Morgan fingerprint density at radius 3 is 2.89 bits per heavy atom. The third-order valence-electron chi connectivity index (χ3n) is 3.75. The van der Waals surface area contributed by atoms with Gasteiger partial charge in [-0.05, 0) is 43.4 Å². The Morgan fingerprint density at radius 1 is 1.37 bits per heavy atom. The van der Waals surface area contributed by atoms with Crippen LogP contribution in [-0.4, -0.2) is 29.4 Å². The largest absolute Gasteiger partial charge is 0.396 e. The second kappa shape index (κ2) is 6.55. The second-order valence-electron chi connectivity index (χ2n) is 4.98. The van der Waals surface area contributed by atoms with Crippen LogP contribution in [0.25, 0.3) is 0 Å². The standard InChI is InChI=1S/C15H20N2O2/c16-10-13-9-12(11-19)5-6-15(13)17-7-1-3-14(17)4-2-8-18/h5-6,9,14,18-19H,1-4,7-8,11H2. The molecule has 1 aliphatic rings. The number of aliphatic hydroxyl groups is 2. The zero-order chi connectivity index (χ0) is 13.7. The number of hydrogen-bond acceptors (Lipinski definition) is 4. The monoisotopic (exact) mass is 260 g/mol. The van der Waals surface area contributed by atoms with Gasteiger partial charge in [-0.3, -0.25) is 0 Å². The van der Waals surface area contributed by atoms with Crippen LogP contribution in [0.2, 0.25) is 0 Å². The van der Waals surface area contributed by atoms with Crippen LogP contribution in [0.4, 0.5) is 5.69 Å². The number of nitrogens with zero attached hydrogens (tertiary/aromatic N) is 2. The summed E-state index contributed by atoms with van der Waals surface area (Å²) < 4.78 is 0. The van der Waals surface area contributed by atoms with Gasteiger partial charge in [0.1, 0.15) is 6.07 Å². The lowest BCUT2D eigenvalue weighted by molar-refractivity contribution is 0.279. The van der Waals surface area contributed by atoms with Crippen LogP contribution in [0.1, 0.15) is 36.8 Å². The summed E-state index contributed by atoms with van der Waals surface area (Å²) in [5.41, 5.74) is 2.36. The molecule has 19 heavy (non-hydrogen) atoms. The zero-order valence-corrected chi connectivity index (χ0v) is 11.0. The molecule has 0 saturated carbocycles. The normalized spacial score (nSPS) is 18.6. The van der Waals surface area contributed by atoms with Crippen molar-refractivity contribution in [2.45, 2.75) is 38.3 Å². The van der Waals surface area contributed by atoms with Gasteiger partial charge in [-0.1, -0.05) is 6.07 Å². The molecule has 4 nitrogen and oxygen atoms in total. The van der Waals surface area contributed by atoms with Gasteiger partial charge in [-0.25, -0.2) is 0 Å². The minimum Gasteiger partial charge on any atom is -0.396 e. The van der Waals surface area contributed by atoms with Gasteiger partial charge in [0, 0.05) is 19.2 Å². The summed E-state index contributed by atoms with van der Waals surface area (Å²) in [6.07, 6.45) is 4.01. The number of hydrogen-bond donors (Lipinski definition) is 2. The molecule has 0 radical (unpaired) electrons. The van der Waals surface area contributed by atoms with E-state index < -0.39 is 0 Å². The molecule has 0 spiro atoms. The Morgan fingerprint density at radius 2 is 2.21 bits per heavy atom. The summed E-state index contributed by atoms with van der Waals surface area (Å²) in [5, 5.41) is 27.3. The first-order chi connectivity index (χ1) is 9.30. The first-order valence-corrected chi connectivity index (χ1v) is 6.81. The van der Waals surface area contributed by atoms with Crippen LogP contribution in [0.15, 0.2) is 18.2 Å². The highest BCUT2D eigenvalue weighted by Gasteiger charge is 2.25. The second-order valence-corrected chi connectivity index (χ2v) is 4.98. The first-order valence-electron chi connectivity index (χ1n) is 6.81. The van der Waals surface area contributed by atoms with Crippen LogP contribution in [0.5, 0.6) is 0 Å². The molecule has 102 valence electrons. The molecular weight excluding hydrogens is 240 g/mol. The lowest BCUT2D eigenvalue weighted by atomic mass is 10.1. The Labute approximate surface area is 113 Å². The van der Waals surface area contributed by atoms with Gasteiger partial charge in [-0.2, -0.15) is 5.26 Å². The maximum atomic E-state index is 9.26. The van der Waals surface area contributed by atoms with Gasteiger partial charge in [-0.15, -0.1) is 0 Å². The average molecular weight is 260 g/mol. The average Bonchev–Trinajstić information content (AvgIpc) is 2.92. The molecule has 1 aromatic carbocycles. The topological polar surface area (TPSA) is 67.5 Å². The summed E-state index contributed by atoms with van der Waals surface area (Å²) >= 11 is 0. The molecule has 1 aromatic rings. The molecule has 0 aromatic heterocycles. The van der Waals surface area contributed by atoms with Crippen molar-refractivity contribution in [1.82, 2.24) is 0 Å². The highest BCUT2D eigenvalue weighted by molar-refractivity contribution is 5.61. The summed E-state index contributed by atoms with van der Waals surface area (Å²) in [4.78, 5) is 2.27. The van der Waals surface area contributed by atoms with E-state index in [9.17, 15) is 5.26 Å². The number of anilines is 1. The van der Waals surface area contributed by atoms with Crippen LogP contribution in [0.3, 0.4) is 0 Å². The summed E-state index contributed by atoms with van der Waals surface area (Å²) in [5.74, 6) is 0. The Balaban J connectivity index is 2.22. The van der Waals surface area contributed by atoms with Gasteiger partial charge in [0.05, 0.1) is 17.9 Å². The van der Waals surface area contributed by atoms with Crippen molar-refractivity contribution in [3.63, 3.8) is 0 Å².